The number of nitrogens with one attached hydrogen (secondary N) is 2. The van der Waals surface area contributed by atoms with Gasteiger partial charge in [0.2, 0.25) is 12.5 Å². The van der Waals surface area contributed by atoms with Crippen LogP contribution < -0.4 is 21.4 Å². The van der Waals surface area contributed by atoms with Gasteiger partial charge in [-0.25, -0.2) is 25.3 Å². The Morgan fingerprint density at radius 1 is 1.14 bits per heavy atom. The minimum atomic E-state index is -0.960. The zero-order chi connectivity index (χ0) is 24.9. The summed E-state index contributed by atoms with van der Waals surface area (Å²) in [7, 11) is 0. The number of benzene rings is 2. The fourth-order valence-electron chi connectivity index (χ4n) is 3.66. The van der Waals surface area contributed by atoms with Crippen LogP contribution in [0.5, 0.6) is 5.75 Å². The van der Waals surface area contributed by atoms with E-state index in [-0.39, 0.29) is 26.1 Å². The molecule has 35 heavy (non-hydrogen) atoms. The van der Waals surface area contributed by atoms with Gasteiger partial charge in [0.05, 0.1) is 6.54 Å². The van der Waals surface area contributed by atoms with E-state index in [0.29, 0.717) is 16.5 Å². The molecular weight excluding hydrogens is 476 g/mol. The van der Waals surface area contributed by atoms with Crippen molar-refractivity contribution < 1.29 is 24.3 Å². The maximum absolute atomic E-state index is 13.3. The van der Waals surface area contributed by atoms with Gasteiger partial charge in [-0.05, 0) is 55.3 Å². The average Bonchev–Trinajstić information content (AvgIpc) is 3.26. The zero-order valence-electron chi connectivity index (χ0n) is 19.1. The summed E-state index contributed by atoms with van der Waals surface area (Å²) >= 11 is 5.99. The Morgan fingerprint density at radius 3 is 2.49 bits per heavy atom. The highest BCUT2D eigenvalue weighted by Crippen LogP contribution is 2.24. The number of aliphatic hydroxyl groups excluding tert-OH is 1. The third-order valence-electron chi connectivity index (χ3n) is 5.43. The van der Waals surface area contributed by atoms with Gasteiger partial charge in [0, 0.05) is 29.9 Å². The molecule has 4 amide bonds. The average molecular weight is 503 g/mol. The number of urea groups is 2. The number of hydrogen-bond donors (Lipinski definition) is 4. The minimum absolute atomic E-state index is 0.0462. The largest absolute Gasteiger partial charge is 0.469 e. The van der Waals surface area contributed by atoms with Crippen molar-refractivity contribution in [2.75, 3.05) is 18.5 Å². The van der Waals surface area contributed by atoms with Crippen LogP contribution in [0.25, 0.3) is 0 Å². The summed E-state index contributed by atoms with van der Waals surface area (Å²) in [4.78, 5) is 33.8. The SMILES string of the molecule is CC1=CC(Oc2ccc(NC3N(N)C(=O)N(CCCO)C(=O)N3Cc3ccc(Cl)cc3)cc2)NO1. The molecule has 5 N–H and O–H groups in total. The van der Waals surface area contributed by atoms with Crippen molar-refractivity contribution in [3.63, 3.8) is 0 Å². The second-order valence-corrected chi connectivity index (χ2v) is 8.47. The first-order valence-electron chi connectivity index (χ1n) is 11.0. The molecule has 0 bridgehead atoms. The number of carbonyl (C=O) groups excluding carboxylic acids is 2. The maximum atomic E-state index is 13.3. The highest BCUT2D eigenvalue weighted by Gasteiger charge is 2.43. The third-order valence-corrected chi connectivity index (χ3v) is 5.68. The number of nitrogens with two attached hydrogens (primary N) is 1. The van der Waals surface area contributed by atoms with Crippen LogP contribution in [-0.2, 0) is 11.4 Å². The van der Waals surface area contributed by atoms with E-state index in [2.05, 4.69) is 10.8 Å². The second kappa shape index (κ2) is 10.8. The maximum Gasteiger partial charge on any atom is 0.345 e. The van der Waals surface area contributed by atoms with Crippen LogP contribution in [0.4, 0.5) is 15.3 Å². The number of allylic oxidation sites excluding steroid dienone is 1. The summed E-state index contributed by atoms with van der Waals surface area (Å²) in [5.41, 5.74) is 4.16. The summed E-state index contributed by atoms with van der Waals surface area (Å²) in [5.74, 6) is 7.48. The smallest absolute Gasteiger partial charge is 0.345 e. The summed E-state index contributed by atoms with van der Waals surface area (Å²) in [5, 5.41) is 13.9. The molecule has 2 aliphatic heterocycles. The number of rotatable bonds is 9. The number of anilines is 1. The van der Waals surface area contributed by atoms with Crippen LogP contribution >= 0.6 is 11.6 Å². The molecule has 4 rings (SSSR count). The van der Waals surface area contributed by atoms with Gasteiger partial charge in [0.25, 0.3) is 0 Å². The Kier molecular flexibility index (Phi) is 7.61. The van der Waals surface area contributed by atoms with E-state index in [4.69, 9.17) is 27.0 Å². The normalized spacial score (nSPS) is 20.1. The lowest BCUT2D eigenvalue weighted by molar-refractivity contribution is 0.0365. The molecule has 0 aromatic heterocycles. The van der Waals surface area contributed by atoms with Crippen molar-refractivity contribution in [1.29, 1.82) is 0 Å². The molecule has 11 nitrogen and oxygen atoms in total. The minimum Gasteiger partial charge on any atom is -0.469 e. The van der Waals surface area contributed by atoms with Crippen molar-refractivity contribution in [2.24, 2.45) is 5.84 Å². The molecule has 0 spiro atoms. The molecule has 1 fully saturated rings. The number of amides is 4. The van der Waals surface area contributed by atoms with Gasteiger partial charge < -0.3 is 20.0 Å². The van der Waals surface area contributed by atoms with Crippen molar-refractivity contribution in [1.82, 2.24) is 20.3 Å². The highest BCUT2D eigenvalue weighted by molar-refractivity contribution is 6.30. The van der Waals surface area contributed by atoms with Crippen LogP contribution in [0.3, 0.4) is 0 Å². The fourth-order valence-corrected chi connectivity index (χ4v) is 3.79. The molecule has 2 aliphatic rings. The number of aliphatic hydroxyl groups is 1. The van der Waals surface area contributed by atoms with Gasteiger partial charge in [-0.1, -0.05) is 23.7 Å². The lowest BCUT2D eigenvalue weighted by Gasteiger charge is -2.45. The van der Waals surface area contributed by atoms with E-state index in [1.165, 1.54) is 4.90 Å². The van der Waals surface area contributed by atoms with Crippen LogP contribution in [0.15, 0.2) is 60.4 Å². The van der Waals surface area contributed by atoms with Crippen molar-refractivity contribution >= 4 is 29.4 Å². The van der Waals surface area contributed by atoms with Gasteiger partial charge in [0.15, 0.2) is 0 Å². The lowest BCUT2D eigenvalue weighted by atomic mass is 10.2. The molecule has 12 heteroatoms. The third kappa shape index (κ3) is 5.77. The first-order valence-corrected chi connectivity index (χ1v) is 11.4. The van der Waals surface area contributed by atoms with E-state index >= 15 is 0 Å². The number of carbonyl (C=O) groups is 2. The van der Waals surface area contributed by atoms with Crippen molar-refractivity contribution in [2.45, 2.75) is 32.4 Å². The molecule has 2 aromatic carbocycles. The van der Waals surface area contributed by atoms with Gasteiger partial charge in [-0.3, -0.25) is 4.90 Å². The van der Waals surface area contributed by atoms with E-state index in [9.17, 15) is 14.7 Å². The number of hydroxylamine groups is 1. The van der Waals surface area contributed by atoms with E-state index in [1.54, 1.807) is 54.6 Å². The van der Waals surface area contributed by atoms with Gasteiger partial charge in [0.1, 0.15) is 11.5 Å². The molecule has 2 unspecified atom stereocenters. The van der Waals surface area contributed by atoms with Crippen LogP contribution in [0, 0.1) is 0 Å². The quantitative estimate of drug-likeness (QED) is 0.304. The monoisotopic (exact) mass is 502 g/mol. The highest BCUT2D eigenvalue weighted by atomic mass is 35.5. The molecule has 0 saturated carbocycles. The van der Waals surface area contributed by atoms with Gasteiger partial charge >= 0.3 is 12.1 Å². The van der Waals surface area contributed by atoms with E-state index < -0.39 is 24.6 Å². The van der Waals surface area contributed by atoms with Crippen molar-refractivity contribution in [3.8, 4) is 5.75 Å². The van der Waals surface area contributed by atoms with Crippen LogP contribution in [0.1, 0.15) is 18.9 Å². The number of imide groups is 1. The first-order chi connectivity index (χ1) is 16.9. The molecule has 0 aliphatic carbocycles. The summed E-state index contributed by atoms with van der Waals surface area (Å²) in [6.07, 6.45) is 0.685. The molecular formula is C23H27ClN6O5. The standard InChI is InChI=1S/C23H27ClN6O5/c1-15-13-20(27-35-15)34-19-9-7-18(8-10-19)26-21-29(14-16-3-5-17(24)6-4-16)22(32)28(11-2-12-31)23(33)30(21)25/h3-10,13,20-21,26-27,31H,2,11-12,14,25H2,1H3. The number of hydrazine groups is 1. The predicted molar refractivity (Wildman–Crippen MR) is 128 cm³/mol. The summed E-state index contributed by atoms with van der Waals surface area (Å²) in [6, 6.07) is 12.9. The molecule has 0 radical (unpaired) electrons. The Hall–Kier alpha value is -3.51. The number of halogens is 1. The van der Waals surface area contributed by atoms with Crippen LogP contribution in [-0.4, -0.2) is 57.6 Å². The molecule has 1 saturated heterocycles. The summed E-state index contributed by atoms with van der Waals surface area (Å²) < 4.78 is 5.78. The molecule has 2 aromatic rings. The number of hydrogen-bond acceptors (Lipinski definition) is 8. The number of nitrogens with zero attached hydrogens (tertiary/aromatic N) is 3. The van der Waals surface area contributed by atoms with Gasteiger partial charge in [-0.15, -0.1) is 5.48 Å². The Labute approximate surface area is 207 Å². The fraction of sp³-hybridized carbons (Fsp3) is 0.304. The van der Waals surface area contributed by atoms with Gasteiger partial charge in [-0.2, -0.15) is 0 Å². The molecule has 2 heterocycles. The van der Waals surface area contributed by atoms with Crippen LogP contribution in [0.2, 0.25) is 5.02 Å². The van der Waals surface area contributed by atoms with Crippen molar-refractivity contribution in [3.05, 3.63) is 71.0 Å². The molecule has 2 atom stereocenters. The predicted octanol–water partition coefficient (Wildman–Crippen LogP) is 2.79. The lowest BCUT2D eigenvalue weighted by Crippen LogP contribution is -2.70. The zero-order valence-corrected chi connectivity index (χ0v) is 19.8. The molecule has 186 valence electrons. The Bertz CT molecular complexity index is 1080. The Balaban J connectivity index is 1.53. The summed E-state index contributed by atoms with van der Waals surface area (Å²) in [6.45, 7) is 1.87. The number of ether oxygens (including phenoxy) is 1. The second-order valence-electron chi connectivity index (χ2n) is 8.03. The van der Waals surface area contributed by atoms with E-state index in [0.717, 1.165) is 21.2 Å². The first kappa shape index (κ1) is 24.6. The topological polar surface area (TPSA) is 133 Å². The Morgan fingerprint density at radius 2 is 1.86 bits per heavy atom. The van der Waals surface area contributed by atoms with E-state index in [1.807, 2.05) is 6.92 Å².